The predicted molar refractivity (Wildman–Crippen MR) is 97.5 cm³/mol. The number of sulfonamides is 1. The summed E-state index contributed by atoms with van der Waals surface area (Å²) >= 11 is 0. The second-order valence-corrected chi connectivity index (χ2v) is 7.30. The monoisotopic (exact) mass is 379 g/mol. The number of rotatable bonds is 8. The minimum absolute atomic E-state index is 0.100. The number of methoxy groups -OCH3 is 1. The average Bonchev–Trinajstić information content (AvgIpc) is 2.66. The van der Waals surface area contributed by atoms with Gasteiger partial charge in [-0.05, 0) is 30.7 Å². The van der Waals surface area contributed by atoms with E-state index in [2.05, 4.69) is 15.0 Å². The molecule has 1 aliphatic rings. The highest BCUT2D eigenvalue weighted by atomic mass is 32.2. The van der Waals surface area contributed by atoms with Crippen LogP contribution in [0.1, 0.15) is 6.42 Å². The molecule has 0 atom stereocenters. The van der Waals surface area contributed by atoms with Gasteiger partial charge >= 0.3 is 0 Å². The van der Waals surface area contributed by atoms with E-state index in [1.165, 1.54) is 18.3 Å². The maximum absolute atomic E-state index is 12.6. The first-order valence-corrected chi connectivity index (χ1v) is 9.68. The number of hydrogen-bond donors (Lipinski definition) is 2. The lowest BCUT2D eigenvalue weighted by molar-refractivity contribution is 0.171. The Balaban J connectivity index is 1.65. The molecule has 26 heavy (non-hydrogen) atoms. The molecule has 0 aliphatic carbocycles. The molecule has 9 heteroatoms. The van der Waals surface area contributed by atoms with Crippen LogP contribution in [0.15, 0.2) is 41.4 Å². The molecule has 2 aromatic rings. The Hall–Kier alpha value is -2.52. The van der Waals surface area contributed by atoms with Crippen molar-refractivity contribution in [2.24, 2.45) is 0 Å². The van der Waals surface area contributed by atoms with Crippen molar-refractivity contribution in [3.63, 3.8) is 0 Å². The zero-order chi connectivity index (χ0) is 18.4. The van der Waals surface area contributed by atoms with Gasteiger partial charge in [-0.15, -0.1) is 0 Å². The molecule has 0 fully saturated rings. The Bertz CT molecular complexity index is 840. The molecular formula is C17H21N3O5S. The van der Waals surface area contributed by atoms with Crippen molar-refractivity contribution in [3.05, 3.63) is 36.5 Å². The van der Waals surface area contributed by atoms with Crippen LogP contribution in [0.5, 0.6) is 11.5 Å². The molecule has 8 nitrogen and oxygen atoms in total. The first-order chi connectivity index (χ1) is 12.6. The van der Waals surface area contributed by atoms with Crippen LogP contribution in [0, 0.1) is 0 Å². The van der Waals surface area contributed by atoms with Crippen molar-refractivity contribution < 1.29 is 22.6 Å². The number of anilines is 2. The standard InChI is InChI=1S/C17H21N3O5S/c1-23-8-2-7-18-17-6-3-13(12-19-17)20-26(21,22)14-4-5-15-16(11-14)25-10-9-24-15/h3-6,11-12,20H,2,7-10H2,1H3,(H,18,19). The molecule has 0 spiro atoms. The third-order valence-electron chi connectivity index (χ3n) is 3.67. The van der Waals surface area contributed by atoms with Crippen LogP contribution in [-0.2, 0) is 14.8 Å². The Kier molecular flexibility index (Phi) is 5.79. The molecule has 2 heterocycles. The second kappa shape index (κ2) is 8.24. The normalized spacial score (nSPS) is 13.3. The summed E-state index contributed by atoms with van der Waals surface area (Å²) in [5.74, 6) is 1.64. The fourth-order valence-electron chi connectivity index (χ4n) is 2.40. The highest BCUT2D eigenvalue weighted by Gasteiger charge is 2.19. The molecule has 0 saturated heterocycles. The van der Waals surface area contributed by atoms with Crippen molar-refractivity contribution in [3.8, 4) is 11.5 Å². The number of ether oxygens (including phenoxy) is 3. The van der Waals surface area contributed by atoms with Gasteiger partial charge in [0.2, 0.25) is 0 Å². The third-order valence-corrected chi connectivity index (χ3v) is 5.05. The van der Waals surface area contributed by atoms with Gasteiger partial charge in [-0.1, -0.05) is 0 Å². The van der Waals surface area contributed by atoms with E-state index >= 15 is 0 Å². The maximum atomic E-state index is 12.6. The molecule has 0 unspecified atom stereocenters. The van der Waals surface area contributed by atoms with Crippen LogP contribution in [0.3, 0.4) is 0 Å². The van der Waals surface area contributed by atoms with Crippen LogP contribution in [-0.4, -0.2) is 46.9 Å². The van der Waals surface area contributed by atoms with Crippen LogP contribution in [0.25, 0.3) is 0 Å². The molecule has 1 aliphatic heterocycles. The van der Waals surface area contributed by atoms with Crippen molar-refractivity contribution >= 4 is 21.5 Å². The van der Waals surface area contributed by atoms with Gasteiger partial charge < -0.3 is 19.5 Å². The Morgan fingerprint density at radius 1 is 1.15 bits per heavy atom. The first kappa shape index (κ1) is 18.3. The molecular weight excluding hydrogens is 358 g/mol. The van der Waals surface area contributed by atoms with E-state index in [0.717, 1.165) is 13.0 Å². The van der Waals surface area contributed by atoms with Gasteiger partial charge in [0.15, 0.2) is 11.5 Å². The Labute approximate surface area is 152 Å². The summed E-state index contributed by atoms with van der Waals surface area (Å²) in [5.41, 5.74) is 0.377. The third kappa shape index (κ3) is 4.55. The van der Waals surface area contributed by atoms with E-state index in [9.17, 15) is 8.42 Å². The summed E-state index contributed by atoms with van der Waals surface area (Å²) in [5, 5.41) is 3.14. The lowest BCUT2D eigenvalue weighted by atomic mass is 10.3. The molecule has 0 saturated carbocycles. The van der Waals surface area contributed by atoms with Gasteiger partial charge in [0, 0.05) is 26.3 Å². The molecule has 140 valence electrons. The summed E-state index contributed by atoms with van der Waals surface area (Å²) in [6.45, 7) is 2.24. The number of aromatic nitrogens is 1. The summed E-state index contributed by atoms with van der Waals surface area (Å²) < 4.78 is 43.4. The van der Waals surface area contributed by atoms with Crippen LogP contribution in [0.4, 0.5) is 11.5 Å². The molecule has 1 aromatic heterocycles. The predicted octanol–water partition coefficient (Wildman–Crippen LogP) is 2.10. The van der Waals surface area contributed by atoms with Crippen molar-refractivity contribution in [1.29, 1.82) is 0 Å². The van der Waals surface area contributed by atoms with E-state index in [0.29, 0.717) is 42.8 Å². The van der Waals surface area contributed by atoms with Gasteiger partial charge in [-0.2, -0.15) is 0 Å². The maximum Gasteiger partial charge on any atom is 0.262 e. The number of benzene rings is 1. The van der Waals surface area contributed by atoms with Gasteiger partial charge in [-0.3, -0.25) is 4.72 Å². The van der Waals surface area contributed by atoms with Gasteiger partial charge in [0.25, 0.3) is 10.0 Å². The Morgan fingerprint density at radius 3 is 2.69 bits per heavy atom. The molecule has 3 rings (SSSR count). The lowest BCUT2D eigenvalue weighted by Crippen LogP contribution is -2.17. The van der Waals surface area contributed by atoms with Crippen LogP contribution >= 0.6 is 0 Å². The molecule has 0 radical (unpaired) electrons. The summed E-state index contributed by atoms with van der Waals surface area (Å²) in [7, 11) is -2.09. The number of fused-ring (bicyclic) bond motifs is 1. The summed E-state index contributed by atoms with van der Waals surface area (Å²) in [4.78, 5) is 4.30. The van der Waals surface area contributed by atoms with Crippen LogP contribution < -0.4 is 19.5 Å². The fraction of sp³-hybridized carbons (Fsp3) is 0.353. The highest BCUT2D eigenvalue weighted by molar-refractivity contribution is 7.92. The molecule has 0 bridgehead atoms. The average molecular weight is 379 g/mol. The topological polar surface area (TPSA) is 98.8 Å². The quantitative estimate of drug-likeness (QED) is 0.678. The number of nitrogens with one attached hydrogen (secondary N) is 2. The minimum atomic E-state index is -3.75. The van der Waals surface area contributed by atoms with Crippen molar-refractivity contribution in [1.82, 2.24) is 4.98 Å². The number of pyridine rings is 1. The lowest BCUT2D eigenvalue weighted by Gasteiger charge is -2.19. The van der Waals surface area contributed by atoms with Gasteiger partial charge in [0.1, 0.15) is 19.0 Å². The largest absolute Gasteiger partial charge is 0.486 e. The van der Waals surface area contributed by atoms with Crippen molar-refractivity contribution in [2.75, 3.05) is 43.5 Å². The zero-order valence-electron chi connectivity index (χ0n) is 14.4. The van der Waals surface area contributed by atoms with E-state index < -0.39 is 10.0 Å². The highest BCUT2D eigenvalue weighted by Crippen LogP contribution is 2.32. The van der Waals surface area contributed by atoms with E-state index in [1.807, 2.05) is 0 Å². The van der Waals surface area contributed by atoms with E-state index in [4.69, 9.17) is 14.2 Å². The molecule has 0 amide bonds. The smallest absolute Gasteiger partial charge is 0.262 e. The summed E-state index contributed by atoms with van der Waals surface area (Å²) in [6, 6.07) is 7.90. The number of hydrogen-bond acceptors (Lipinski definition) is 7. The molecule has 1 aromatic carbocycles. The SMILES string of the molecule is COCCCNc1ccc(NS(=O)(=O)c2ccc3c(c2)OCCO3)cn1. The van der Waals surface area contributed by atoms with E-state index in [-0.39, 0.29) is 4.90 Å². The molecule has 2 N–H and O–H groups in total. The Morgan fingerprint density at radius 2 is 1.96 bits per heavy atom. The number of nitrogens with zero attached hydrogens (tertiary/aromatic N) is 1. The van der Waals surface area contributed by atoms with Crippen molar-refractivity contribution in [2.45, 2.75) is 11.3 Å². The first-order valence-electron chi connectivity index (χ1n) is 8.20. The van der Waals surface area contributed by atoms with Gasteiger partial charge in [0.05, 0.1) is 16.8 Å². The second-order valence-electron chi connectivity index (χ2n) is 5.62. The fourth-order valence-corrected chi connectivity index (χ4v) is 3.45. The van der Waals surface area contributed by atoms with Crippen LogP contribution in [0.2, 0.25) is 0 Å². The zero-order valence-corrected chi connectivity index (χ0v) is 15.2. The van der Waals surface area contributed by atoms with Gasteiger partial charge in [-0.25, -0.2) is 13.4 Å². The minimum Gasteiger partial charge on any atom is -0.486 e. The summed E-state index contributed by atoms with van der Waals surface area (Å²) in [6.07, 6.45) is 2.32. The van der Waals surface area contributed by atoms with E-state index in [1.54, 1.807) is 25.3 Å².